The fourth-order valence-electron chi connectivity index (χ4n) is 2.47. The summed E-state index contributed by atoms with van der Waals surface area (Å²) in [5, 5.41) is 0. The highest BCUT2D eigenvalue weighted by molar-refractivity contribution is 7.09. The Hall–Kier alpha value is -1.14. The van der Waals surface area contributed by atoms with Crippen molar-refractivity contribution in [2.45, 2.75) is 33.2 Å². The normalized spacial score (nSPS) is 20.4. The van der Waals surface area contributed by atoms with Gasteiger partial charge in [0, 0.05) is 13.1 Å². The Labute approximate surface area is 116 Å². The molecular formula is C13H20N2O3S. The number of ether oxygens (including phenoxy) is 1. The first kappa shape index (κ1) is 14.3. The number of rotatable bonds is 4. The maximum absolute atomic E-state index is 11.8. The summed E-state index contributed by atoms with van der Waals surface area (Å²) in [6, 6.07) is 0. The Morgan fingerprint density at radius 2 is 2.37 bits per heavy atom. The molecule has 0 aliphatic carbocycles. The lowest BCUT2D eigenvalue weighted by Gasteiger charge is -2.30. The fraction of sp³-hybridized carbons (Fsp3) is 0.692. The predicted molar refractivity (Wildman–Crippen MR) is 74.6 cm³/mol. The Kier molecular flexibility index (Phi) is 4.76. The topological polar surface area (TPSA) is 62.4 Å². The number of nitrogens with one attached hydrogen (secondary N) is 1. The Morgan fingerprint density at radius 3 is 3.05 bits per heavy atom. The quantitative estimate of drug-likeness (QED) is 0.857. The van der Waals surface area contributed by atoms with Gasteiger partial charge < -0.3 is 9.72 Å². The summed E-state index contributed by atoms with van der Waals surface area (Å²) in [5.41, 5.74) is 0.329. The van der Waals surface area contributed by atoms with E-state index in [1.807, 2.05) is 0 Å². The van der Waals surface area contributed by atoms with Gasteiger partial charge in [-0.05, 0) is 32.2 Å². The first-order chi connectivity index (χ1) is 9.10. The number of hydrogen-bond acceptors (Lipinski definition) is 5. The molecule has 1 aromatic heterocycles. The van der Waals surface area contributed by atoms with E-state index >= 15 is 0 Å². The number of piperidine rings is 1. The molecule has 1 unspecified atom stereocenters. The number of carbonyl (C=O) groups is 1. The molecule has 2 rings (SSSR count). The van der Waals surface area contributed by atoms with Gasteiger partial charge in [0.1, 0.15) is 5.69 Å². The van der Waals surface area contributed by atoms with Crippen LogP contribution < -0.4 is 4.87 Å². The Bertz CT molecular complexity index is 494. The molecule has 0 amide bonds. The molecular weight excluding hydrogens is 264 g/mol. The smallest absolute Gasteiger partial charge is 0.356 e. The predicted octanol–water partition coefficient (Wildman–Crippen LogP) is 1.84. The number of aromatic nitrogens is 1. The SMILES string of the molecule is CCOC(=O)c1[nH]c(=O)sc1CN1CCCC(C)C1. The van der Waals surface area contributed by atoms with Gasteiger partial charge in [-0.1, -0.05) is 18.3 Å². The van der Waals surface area contributed by atoms with E-state index in [0.29, 0.717) is 24.8 Å². The van der Waals surface area contributed by atoms with Crippen molar-refractivity contribution in [1.82, 2.24) is 9.88 Å². The third-order valence-corrected chi connectivity index (χ3v) is 4.18. The molecule has 2 heterocycles. The molecule has 106 valence electrons. The molecule has 0 aromatic carbocycles. The average molecular weight is 284 g/mol. The summed E-state index contributed by atoms with van der Waals surface area (Å²) in [4.78, 5) is 28.7. The van der Waals surface area contributed by atoms with E-state index < -0.39 is 5.97 Å². The molecule has 1 saturated heterocycles. The van der Waals surface area contributed by atoms with Gasteiger partial charge in [0.05, 0.1) is 11.5 Å². The summed E-state index contributed by atoms with van der Waals surface area (Å²) in [5.74, 6) is 0.247. The van der Waals surface area contributed by atoms with Crippen LogP contribution in [0.4, 0.5) is 0 Å². The third kappa shape index (κ3) is 3.67. The lowest BCUT2D eigenvalue weighted by atomic mass is 10.0. The molecule has 1 N–H and O–H groups in total. The van der Waals surface area contributed by atoms with E-state index in [0.717, 1.165) is 29.3 Å². The van der Waals surface area contributed by atoms with Gasteiger partial charge in [0.2, 0.25) is 0 Å². The summed E-state index contributed by atoms with van der Waals surface area (Å²) in [6.45, 7) is 7.01. The highest BCUT2D eigenvalue weighted by Gasteiger charge is 2.22. The van der Waals surface area contributed by atoms with Crippen molar-refractivity contribution in [3.63, 3.8) is 0 Å². The highest BCUT2D eigenvalue weighted by atomic mass is 32.1. The molecule has 0 bridgehead atoms. The van der Waals surface area contributed by atoms with E-state index in [1.165, 1.54) is 12.8 Å². The van der Waals surface area contributed by atoms with Gasteiger partial charge in [-0.15, -0.1) is 0 Å². The molecule has 6 heteroatoms. The summed E-state index contributed by atoms with van der Waals surface area (Å²) in [6.07, 6.45) is 2.43. The molecule has 1 fully saturated rings. The first-order valence-corrected chi connectivity index (χ1v) is 7.53. The molecule has 1 aromatic rings. The monoisotopic (exact) mass is 284 g/mol. The minimum Gasteiger partial charge on any atom is -0.461 e. The van der Waals surface area contributed by atoms with Crippen molar-refractivity contribution in [3.05, 3.63) is 20.2 Å². The molecule has 5 nitrogen and oxygen atoms in total. The molecule has 0 spiro atoms. The lowest BCUT2D eigenvalue weighted by Crippen LogP contribution is -2.33. The van der Waals surface area contributed by atoms with Crippen LogP contribution in [-0.2, 0) is 11.3 Å². The second-order valence-corrected chi connectivity index (χ2v) is 6.08. The lowest BCUT2D eigenvalue weighted by molar-refractivity contribution is 0.0517. The van der Waals surface area contributed by atoms with Crippen LogP contribution >= 0.6 is 11.3 Å². The Morgan fingerprint density at radius 1 is 1.58 bits per heavy atom. The highest BCUT2D eigenvalue weighted by Crippen LogP contribution is 2.20. The van der Waals surface area contributed by atoms with E-state index in [-0.39, 0.29) is 4.87 Å². The van der Waals surface area contributed by atoms with Gasteiger partial charge in [-0.25, -0.2) is 4.79 Å². The summed E-state index contributed by atoms with van der Waals surface area (Å²) in [7, 11) is 0. The van der Waals surface area contributed by atoms with Crippen molar-refractivity contribution in [1.29, 1.82) is 0 Å². The fourth-order valence-corrected chi connectivity index (χ4v) is 3.33. The van der Waals surface area contributed by atoms with Crippen LogP contribution in [0.1, 0.15) is 42.1 Å². The van der Waals surface area contributed by atoms with Crippen molar-refractivity contribution in [2.75, 3.05) is 19.7 Å². The largest absolute Gasteiger partial charge is 0.461 e. The first-order valence-electron chi connectivity index (χ1n) is 6.71. The maximum atomic E-state index is 11.8. The van der Waals surface area contributed by atoms with Crippen LogP contribution in [0.2, 0.25) is 0 Å². The molecule has 1 atom stereocenters. The van der Waals surface area contributed by atoms with Gasteiger partial charge in [0.15, 0.2) is 0 Å². The summed E-state index contributed by atoms with van der Waals surface area (Å²) >= 11 is 1.11. The zero-order valence-corrected chi connectivity index (χ0v) is 12.2. The zero-order valence-electron chi connectivity index (χ0n) is 11.4. The molecule has 0 radical (unpaired) electrons. The van der Waals surface area contributed by atoms with Crippen molar-refractivity contribution in [3.8, 4) is 0 Å². The Balaban J connectivity index is 2.11. The average Bonchev–Trinajstić information content (AvgIpc) is 2.70. The van der Waals surface area contributed by atoms with Crippen molar-refractivity contribution in [2.24, 2.45) is 5.92 Å². The van der Waals surface area contributed by atoms with Gasteiger partial charge in [0.25, 0.3) is 0 Å². The summed E-state index contributed by atoms with van der Waals surface area (Å²) < 4.78 is 4.97. The van der Waals surface area contributed by atoms with Gasteiger partial charge in [-0.2, -0.15) is 0 Å². The van der Waals surface area contributed by atoms with Crippen LogP contribution in [0.3, 0.4) is 0 Å². The minimum atomic E-state index is -0.430. The van der Waals surface area contributed by atoms with E-state index in [2.05, 4.69) is 16.8 Å². The second-order valence-electron chi connectivity index (χ2n) is 5.02. The molecule has 0 saturated carbocycles. The molecule has 1 aliphatic heterocycles. The molecule has 1 aliphatic rings. The van der Waals surface area contributed by atoms with Crippen molar-refractivity contribution < 1.29 is 9.53 Å². The second kappa shape index (κ2) is 6.34. The number of hydrogen-bond donors (Lipinski definition) is 1. The standard InChI is InChI=1S/C13H20N2O3S/c1-3-18-12(16)11-10(19-13(17)14-11)8-15-6-4-5-9(2)7-15/h9H,3-8H2,1-2H3,(H,14,17). The van der Waals surface area contributed by atoms with Crippen molar-refractivity contribution >= 4 is 17.3 Å². The van der Waals surface area contributed by atoms with Crippen LogP contribution in [-0.4, -0.2) is 35.5 Å². The number of aromatic amines is 1. The number of H-pyrrole nitrogens is 1. The number of nitrogens with zero attached hydrogens (tertiary/aromatic N) is 1. The third-order valence-electron chi connectivity index (χ3n) is 3.31. The number of carbonyl (C=O) groups excluding carboxylic acids is 1. The zero-order chi connectivity index (χ0) is 13.8. The van der Waals surface area contributed by atoms with Gasteiger partial charge in [-0.3, -0.25) is 9.69 Å². The van der Waals surface area contributed by atoms with Crippen LogP contribution in [0.5, 0.6) is 0 Å². The van der Waals surface area contributed by atoms with E-state index in [9.17, 15) is 9.59 Å². The van der Waals surface area contributed by atoms with Crippen LogP contribution in [0.25, 0.3) is 0 Å². The number of esters is 1. The minimum absolute atomic E-state index is 0.192. The van der Waals surface area contributed by atoms with Gasteiger partial charge >= 0.3 is 10.8 Å². The van der Waals surface area contributed by atoms with Crippen LogP contribution in [0.15, 0.2) is 4.79 Å². The van der Waals surface area contributed by atoms with Crippen LogP contribution in [0, 0.1) is 5.92 Å². The number of thiazole rings is 1. The van der Waals surface area contributed by atoms with E-state index in [4.69, 9.17) is 4.74 Å². The number of likely N-dealkylation sites (tertiary alicyclic amines) is 1. The van der Waals surface area contributed by atoms with E-state index in [1.54, 1.807) is 6.92 Å². The maximum Gasteiger partial charge on any atom is 0.356 e. The molecule has 19 heavy (non-hydrogen) atoms.